The lowest BCUT2D eigenvalue weighted by Crippen LogP contribution is -2.64. The average molecular weight is 761 g/mol. The van der Waals surface area contributed by atoms with Gasteiger partial charge in [0.1, 0.15) is 43.2 Å². The predicted octanol–water partition coefficient (Wildman–Crippen LogP) is 5.66. The van der Waals surface area contributed by atoms with Gasteiger partial charge in [0, 0.05) is 12.8 Å². The summed E-state index contributed by atoms with van der Waals surface area (Å²) >= 11 is 0. The highest BCUT2D eigenvalue weighted by atomic mass is 31.2. The molecule has 1 aliphatic carbocycles. The van der Waals surface area contributed by atoms with Gasteiger partial charge in [-0.15, -0.1) is 0 Å². The highest BCUT2D eigenvalue weighted by molar-refractivity contribution is 7.47. The van der Waals surface area contributed by atoms with Gasteiger partial charge in [-0.25, -0.2) is 4.57 Å². The number of ether oxygens (including phenoxy) is 2. The fraction of sp³-hybridized carbons (Fsp3) is 0.737. The van der Waals surface area contributed by atoms with Crippen LogP contribution in [-0.2, 0) is 32.7 Å². The molecule has 0 radical (unpaired) electrons. The van der Waals surface area contributed by atoms with Gasteiger partial charge in [-0.1, -0.05) is 107 Å². The van der Waals surface area contributed by atoms with Crippen molar-refractivity contribution in [2.24, 2.45) is 0 Å². The predicted molar refractivity (Wildman–Crippen MR) is 198 cm³/mol. The van der Waals surface area contributed by atoms with Crippen LogP contribution in [0.15, 0.2) is 48.6 Å². The summed E-state index contributed by atoms with van der Waals surface area (Å²) in [5.41, 5.74) is 0. The van der Waals surface area contributed by atoms with E-state index in [4.69, 9.17) is 18.5 Å². The van der Waals surface area contributed by atoms with E-state index in [-0.39, 0.29) is 12.8 Å². The topological polar surface area (TPSA) is 210 Å². The van der Waals surface area contributed by atoms with Gasteiger partial charge in [0.25, 0.3) is 0 Å². The first-order chi connectivity index (χ1) is 24.9. The third-order valence-electron chi connectivity index (χ3n) is 8.43. The van der Waals surface area contributed by atoms with Crippen molar-refractivity contribution < 1.29 is 63.1 Å². The van der Waals surface area contributed by atoms with E-state index in [9.17, 15) is 44.6 Å². The summed E-state index contributed by atoms with van der Waals surface area (Å²) in [6.45, 7) is 2.98. The number of phosphoric ester groups is 1. The minimum atomic E-state index is -5.10. The van der Waals surface area contributed by atoms with E-state index in [0.29, 0.717) is 12.8 Å². The summed E-state index contributed by atoms with van der Waals surface area (Å²) < 4.78 is 33.0. The molecule has 6 N–H and O–H groups in total. The molecule has 0 bridgehead atoms. The number of hydrogen-bond donors (Lipinski definition) is 6. The molecule has 0 aromatic heterocycles. The minimum absolute atomic E-state index is 0.0786. The van der Waals surface area contributed by atoms with Crippen molar-refractivity contribution in [3.8, 4) is 0 Å². The van der Waals surface area contributed by atoms with Gasteiger partial charge >= 0.3 is 19.8 Å². The van der Waals surface area contributed by atoms with Crippen LogP contribution in [0.25, 0.3) is 0 Å². The fourth-order valence-corrected chi connectivity index (χ4v) is 6.31. The minimum Gasteiger partial charge on any atom is -0.462 e. The molecular formula is C38H65O13P. The third-order valence-corrected chi connectivity index (χ3v) is 9.42. The lowest BCUT2D eigenvalue weighted by atomic mass is 9.85. The van der Waals surface area contributed by atoms with Gasteiger partial charge < -0.3 is 39.9 Å². The maximum absolute atomic E-state index is 12.7. The molecule has 0 heterocycles. The molecule has 0 spiro atoms. The van der Waals surface area contributed by atoms with Crippen molar-refractivity contribution in [2.45, 2.75) is 166 Å². The maximum Gasteiger partial charge on any atom is 0.472 e. The molecule has 6 atom stereocenters. The molecule has 0 aliphatic heterocycles. The average Bonchev–Trinajstić information content (AvgIpc) is 3.12. The van der Waals surface area contributed by atoms with Gasteiger partial charge in [0.2, 0.25) is 0 Å². The van der Waals surface area contributed by atoms with Crippen LogP contribution in [0.3, 0.4) is 0 Å². The van der Waals surface area contributed by atoms with Crippen molar-refractivity contribution in [3.05, 3.63) is 48.6 Å². The maximum atomic E-state index is 12.7. The molecule has 1 saturated carbocycles. The van der Waals surface area contributed by atoms with Crippen molar-refractivity contribution in [3.63, 3.8) is 0 Å². The highest BCUT2D eigenvalue weighted by Gasteiger charge is 2.51. The van der Waals surface area contributed by atoms with Crippen molar-refractivity contribution in [1.82, 2.24) is 0 Å². The highest BCUT2D eigenvalue weighted by Crippen LogP contribution is 2.47. The van der Waals surface area contributed by atoms with Crippen LogP contribution >= 0.6 is 7.82 Å². The molecule has 1 aliphatic rings. The summed E-state index contributed by atoms with van der Waals surface area (Å²) in [6, 6.07) is 0. The number of carbonyl (C=O) groups is 2. The van der Waals surface area contributed by atoms with Crippen molar-refractivity contribution in [1.29, 1.82) is 0 Å². The number of hydrogen-bond acceptors (Lipinski definition) is 12. The second-order valence-electron chi connectivity index (χ2n) is 13.1. The number of aliphatic hydroxyl groups is 5. The molecular weight excluding hydrogens is 695 g/mol. The molecule has 0 amide bonds. The van der Waals surface area contributed by atoms with Crippen LogP contribution < -0.4 is 0 Å². The number of aliphatic hydroxyl groups excluding tert-OH is 5. The van der Waals surface area contributed by atoms with E-state index in [1.54, 1.807) is 0 Å². The Kier molecular flexibility index (Phi) is 26.9. The Balaban J connectivity index is 2.44. The van der Waals surface area contributed by atoms with E-state index in [2.05, 4.69) is 55.5 Å². The molecule has 14 heteroatoms. The lowest BCUT2D eigenvalue weighted by Gasteiger charge is -2.41. The quantitative estimate of drug-likeness (QED) is 0.0236. The first-order valence-corrected chi connectivity index (χ1v) is 20.4. The van der Waals surface area contributed by atoms with Crippen LogP contribution in [0.5, 0.6) is 0 Å². The second kappa shape index (κ2) is 29.2. The summed E-state index contributed by atoms with van der Waals surface area (Å²) in [5, 5.41) is 49.7. The summed E-state index contributed by atoms with van der Waals surface area (Å²) in [5.74, 6) is -1.14. The first-order valence-electron chi connectivity index (χ1n) is 18.9. The largest absolute Gasteiger partial charge is 0.472 e. The molecule has 0 aromatic rings. The van der Waals surface area contributed by atoms with Gasteiger partial charge in [0.05, 0.1) is 6.61 Å². The number of phosphoric acid groups is 1. The zero-order chi connectivity index (χ0) is 38.6. The van der Waals surface area contributed by atoms with E-state index in [0.717, 1.165) is 83.5 Å². The Bertz CT molecular complexity index is 1110. The molecule has 13 nitrogen and oxygen atoms in total. The van der Waals surface area contributed by atoms with Crippen molar-refractivity contribution >= 4 is 19.8 Å². The third kappa shape index (κ3) is 22.1. The first kappa shape index (κ1) is 47.8. The Hall–Kier alpha value is -2.19. The van der Waals surface area contributed by atoms with Gasteiger partial charge in [-0.3, -0.25) is 18.6 Å². The summed E-state index contributed by atoms with van der Waals surface area (Å²) in [7, 11) is -5.10. The molecule has 300 valence electrons. The van der Waals surface area contributed by atoms with E-state index in [1.807, 2.05) is 6.92 Å². The SMILES string of the molecule is CC/C=C\C/C=C\C/C=C\C/C=C\CCCCCCCCC(=O)OC(COC(=O)CCCCCC)COP(=O)(O)OC1C(O)C(O)C(O)C(O)C1O. The Morgan fingerprint density at radius 3 is 1.67 bits per heavy atom. The van der Waals surface area contributed by atoms with Crippen LogP contribution in [0.2, 0.25) is 0 Å². The summed E-state index contributed by atoms with van der Waals surface area (Å²) in [6.07, 6.45) is 18.4. The molecule has 1 fully saturated rings. The smallest absolute Gasteiger partial charge is 0.462 e. The van der Waals surface area contributed by atoms with Gasteiger partial charge in [-0.2, -0.15) is 0 Å². The fourth-order valence-electron chi connectivity index (χ4n) is 5.33. The number of carbonyl (C=O) groups excluding carboxylic acids is 2. The molecule has 52 heavy (non-hydrogen) atoms. The molecule has 6 unspecified atom stereocenters. The zero-order valence-corrected chi connectivity index (χ0v) is 32.0. The van der Waals surface area contributed by atoms with Crippen LogP contribution in [-0.4, -0.2) is 98.3 Å². The number of allylic oxidation sites excluding steroid dienone is 8. The number of rotatable bonds is 29. The lowest BCUT2D eigenvalue weighted by molar-refractivity contribution is -0.220. The normalized spacial score (nSPS) is 24.2. The van der Waals surface area contributed by atoms with Gasteiger partial charge in [-0.05, 0) is 51.4 Å². The van der Waals surface area contributed by atoms with Crippen LogP contribution in [0.4, 0.5) is 0 Å². The molecule has 0 saturated heterocycles. The Morgan fingerprint density at radius 2 is 1.10 bits per heavy atom. The Labute approximate surface area is 310 Å². The van der Waals surface area contributed by atoms with E-state index >= 15 is 0 Å². The van der Waals surface area contributed by atoms with Crippen LogP contribution in [0.1, 0.15) is 123 Å². The van der Waals surface area contributed by atoms with E-state index < -0.39 is 75.7 Å². The zero-order valence-electron chi connectivity index (χ0n) is 31.1. The van der Waals surface area contributed by atoms with Crippen LogP contribution in [0, 0.1) is 0 Å². The second-order valence-corrected chi connectivity index (χ2v) is 14.5. The Morgan fingerprint density at radius 1 is 0.615 bits per heavy atom. The van der Waals surface area contributed by atoms with Gasteiger partial charge in [0.15, 0.2) is 6.10 Å². The van der Waals surface area contributed by atoms with Crippen molar-refractivity contribution in [2.75, 3.05) is 13.2 Å². The number of esters is 2. The monoisotopic (exact) mass is 760 g/mol. The molecule has 1 rings (SSSR count). The van der Waals surface area contributed by atoms with E-state index in [1.165, 1.54) is 0 Å². The summed E-state index contributed by atoms with van der Waals surface area (Å²) in [4.78, 5) is 35.1. The standard InChI is InChI=1S/C38H65O13P/c1-3-5-7-9-10-11-12-13-14-15-16-17-18-19-20-21-22-23-25-27-32(40)50-30(28-48-31(39)26-24-8-6-4-2)29-49-52(46,47)51-38-36(44)34(42)33(41)35(43)37(38)45/h5,7,10-11,13-14,16-17,30,33-38,41-45H,3-4,6,8-9,12,15,18-29H2,1-2H3,(H,46,47)/b7-5-,11-10-,14-13-,17-16-. The molecule has 0 aromatic carbocycles. The number of unbranched alkanes of at least 4 members (excludes halogenated alkanes) is 9.